The summed E-state index contributed by atoms with van der Waals surface area (Å²) in [4.78, 5) is 14.4. The van der Waals surface area contributed by atoms with Gasteiger partial charge in [0.1, 0.15) is 5.75 Å². The van der Waals surface area contributed by atoms with Crippen LogP contribution in [0.4, 0.5) is 5.69 Å². The number of carbonyl (C=O) groups is 1. The molecule has 1 unspecified atom stereocenters. The first-order valence-corrected chi connectivity index (χ1v) is 7.48. The molecular formula is C18H19NO3. The van der Waals surface area contributed by atoms with Gasteiger partial charge in [0.2, 0.25) is 0 Å². The van der Waals surface area contributed by atoms with E-state index in [0.717, 1.165) is 16.8 Å². The Morgan fingerprint density at radius 3 is 2.59 bits per heavy atom. The van der Waals surface area contributed by atoms with E-state index in [4.69, 9.17) is 4.74 Å². The first-order chi connectivity index (χ1) is 10.7. The maximum Gasteiger partial charge on any atom is 0.268 e. The topological polar surface area (TPSA) is 49.8 Å². The van der Waals surface area contributed by atoms with Gasteiger partial charge in [-0.3, -0.25) is 4.79 Å². The molecule has 22 heavy (non-hydrogen) atoms. The molecule has 0 aromatic heterocycles. The number of fused-ring (bicyclic) bond motifs is 1. The lowest BCUT2D eigenvalue weighted by atomic mass is 10.1. The zero-order valence-corrected chi connectivity index (χ0v) is 12.5. The summed E-state index contributed by atoms with van der Waals surface area (Å²) in [5.41, 5.74) is 2.56. The van der Waals surface area contributed by atoms with Crippen LogP contribution in [0.15, 0.2) is 48.5 Å². The third-order valence-corrected chi connectivity index (χ3v) is 3.86. The van der Waals surface area contributed by atoms with Gasteiger partial charge in [-0.15, -0.1) is 0 Å². The minimum atomic E-state index is -0.448. The van der Waals surface area contributed by atoms with Crippen molar-refractivity contribution in [2.75, 3.05) is 4.90 Å². The van der Waals surface area contributed by atoms with Gasteiger partial charge >= 0.3 is 0 Å². The van der Waals surface area contributed by atoms with E-state index in [2.05, 4.69) is 0 Å². The largest absolute Gasteiger partial charge is 0.478 e. The van der Waals surface area contributed by atoms with Crippen molar-refractivity contribution in [1.29, 1.82) is 0 Å². The van der Waals surface area contributed by atoms with Crippen molar-refractivity contribution in [2.24, 2.45) is 0 Å². The van der Waals surface area contributed by atoms with Gasteiger partial charge in [0, 0.05) is 0 Å². The summed E-state index contributed by atoms with van der Waals surface area (Å²) >= 11 is 0. The van der Waals surface area contributed by atoms with Crippen molar-refractivity contribution in [3.05, 3.63) is 59.7 Å². The standard InChI is InChI=1S/C18H19NO3/c1-2-16-18(21)19(11-13-6-4-3-5-7-13)15-10-14(12-20)8-9-17(15)22-16/h3-10,16,20H,2,11-12H2,1H3. The lowest BCUT2D eigenvalue weighted by molar-refractivity contribution is -0.126. The molecule has 1 amide bonds. The summed E-state index contributed by atoms with van der Waals surface area (Å²) in [6.45, 7) is 2.38. The zero-order chi connectivity index (χ0) is 15.5. The number of amides is 1. The molecule has 4 nitrogen and oxygen atoms in total. The number of rotatable bonds is 4. The van der Waals surface area contributed by atoms with Crippen LogP contribution in [0.3, 0.4) is 0 Å². The molecule has 1 aliphatic rings. The van der Waals surface area contributed by atoms with E-state index in [9.17, 15) is 9.90 Å². The fraction of sp³-hybridized carbons (Fsp3) is 0.278. The first-order valence-electron chi connectivity index (χ1n) is 7.48. The van der Waals surface area contributed by atoms with Gasteiger partial charge in [0.05, 0.1) is 18.8 Å². The van der Waals surface area contributed by atoms with E-state index >= 15 is 0 Å². The second-order valence-corrected chi connectivity index (χ2v) is 5.38. The van der Waals surface area contributed by atoms with Gasteiger partial charge in [-0.25, -0.2) is 0 Å². The average molecular weight is 297 g/mol. The van der Waals surface area contributed by atoms with Crippen molar-refractivity contribution in [3.8, 4) is 5.75 Å². The summed E-state index contributed by atoms with van der Waals surface area (Å²) in [7, 11) is 0. The highest BCUT2D eigenvalue weighted by Gasteiger charge is 2.33. The summed E-state index contributed by atoms with van der Waals surface area (Å²) in [6, 6.07) is 15.3. The molecule has 3 rings (SSSR count). The van der Waals surface area contributed by atoms with Crippen LogP contribution in [0, 0.1) is 0 Å². The molecule has 1 atom stereocenters. The highest BCUT2D eigenvalue weighted by atomic mass is 16.5. The highest BCUT2D eigenvalue weighted by molar-refractivity contribution is 6.00. The number of hydrogen-bond donors (Lipinski definition) is 1. The lowest BCUT2D eigenvalue weighted by Gasteiger charge is -2.34. The smallest absolute Gasteiger partial charge is 0.268 e. The van der Waals surface area contributed by atoms with Crippen LogP contribution in [-0.4, -0.2) is 17.1 Å². The predicted molar refractivity (Wildman–Crippen MR) is 84.7 cm³/mol. The Morgan fingerprint density at radius 1 is 1.14 bits per heavy atom. The van der Waals surface area contributed by atoms with Crippen molar-refractivity contribution >= 4 is 11.6 Å². The third kappa shape index (κ3) is 2.70. The Balaban J connectivity index is 2.00. The second-order valence-electron chi connectivity index (χ2n) is 5.38. The molecule has 1 aliphatic heterocycles. The SMILES string of the molecule is CCC1Oc2ccc(CO)cc2N(Cc2ccccc2)C1=O. The van der Waals surface area contributed by atoms with E-state index < -0.39 is 6.10 Å². The van der Waals surface area contributed by atoms with E-state index in [-0.39, 0.29) is 12.5 Å². The Morgan fingerprint density at radius 2 is 1.91 bits per heavy atom. The van der Waals surface area contributed by atoms with E-state index in [0.29, 0.717) is 18.7 Å². The van der Waals surface area contributed by atoms with Gasteiger partial charge in [0.15, 0.2) is 6.10 Å². The molecule has 0 fully saturated rings. The van der Waals surface area contributed by atoms with E-state index in [1.165, 1.54) is 0 Å². The number of ether oxygens (including phenoxy) is 1. The number of nitrogens with zero attached hydrogens (tertiary/aromatic N) is 1. The number of benzene rings is 2. The van der Waals surface area contributed by atoms with Crippen molar-refractivity contribution in [3.63, 3.8) is 0 Å². The summed E-state index contributed by atoms with van der Waals surface area (Å²) < 4.78 is 5.79. The fourth-order valence-electron chi connectivity index (χ4n) is 2.66. The molecule has 1 heterocycles. The van der Waals surface area contributed by atoms with Crippen LogP contribution < -0.4 is 9.64 Å². The summed E-state index contributed by atoms with van der Waals surface area (Å²) in [5.74, 6) is 0.661. The molecular weight excluding hydrogens is 278 g/mol. The molecule has 4 heteroatoms. The fourth-order valence-corrected chi connectivity index (χ4v) is 2.66. The number of aliphatic hydroxyl groups excluding tert-OH is 1. The molecule has 114 valence electrons. The van der Waals surface area contributed by atoms with Crippen molar-refractivity contribution in [1.82, 2.24) is 0 Å². The van der Waals surface area contributed by atoms with Crippen LogP contribution >= 0.6 is 0 Å². The van der Waals surface area contributed by atoms with Gasteiger partial charge in [-0.2, -0.15) is 0 Å². The molecule has 2 aromatic carbocycles. The summed E-state index contributed by atoms with van der Waals surface area (Å²) in [6.07, 6.45) is 0.182. The lowest BCUT2D eigenvalue weighted by Crippen LogP contribution is -2.45. The maximum atomic E-state index is 12.7. The molecule has 1 N–H and O–H groups in total. The van der Waals surface area contributed by atoms with Gasteiger partial charge in [-0.1, -0.05) is 43.3 Å². The van der Waals surface area contributed by atoms with Gasteiger partial charge in [-0.05, 0) is 29.7 Å². The Labute approximate surface area is 130 Å². The van der Waals surface area contributed by atoms with Crippen LogP contribution in [-0.2, 0) is 17.9 Å². The summed E-state index contributed by atoms with van der Waals surface area (Å²) in [5, 5.41) is 9.33. The molecule has 0 saturated heterocycles. The average Bonchev–Trinajstić information content (AvgIpc) is 2.57. The first kappa shape index (κ1) is 14.6. The van der Waals surface area contributed by atoms with E-state index in [1.807, 2.05) is 55.5 Å². The molecule has 0 saturated carbocycles. The minimum Gasteiger partial charge on any atom is -0.478 e. The zero-order valence-electron chi connectivity index (χ0n) is 12.5. The Bertz CT molecular complexity index is 669. The number of aliphatic hydroxyl groups is 1. The van der Waals surface area contributed by atoms with Crippen LogP contribution in [0.2, 0.25) is 0 Å². The number of anilines is 1. The van der Waals surface area contributed by atoms with Gasteiger partial charge < -0.3 is 14.7 Å². The van der Waals surface area contributed by atoms with E-state index in [1.54, 1.807) is 4.90 Å². The van der Waals surface area contributed by atoms with Crippen LogP contribution in [0.5, 0.6) is 5.75 Å². The maximum absolute atomic E-state index is 12.7. The third-order valence-electron chi connectivity index (χ3n) is 3.86. The number of carbonyl (C=O) groups excluding carboxylic acids is 1. The van der Waals surface area contributed by atoms with Crippen LogP contribution in [0.1, 0.15) is 24.5 Å². The number of hydrogen-bond acceptors (Lipinski definition) is 3. The molecule has 0 aliphatic carbocycles. The predicted octanol–water partition coefficient (Wildman–Crippen LogP) is 2.88. The molecule has 0 bridgehead atoms. The van der Waals surface area contributed by atoms with Crippen LogP contribution in [0.25, 0.3) is 0 Å². The molecule has 0 spiro atoms. The Kier molecular flexibility index (Phi) is 4.11. The molecule has 0 radical (unpaired) electrons. The van der Waals surface area contributed by atoms with Crippen molar-refractivity contribution in [2.45, 2.75) is 32.6 Å². The quantitative estimate of drug-likeness (QED) is 0.944. The Hall–Kier alpha value is -2.33. The van der Waals surface area contributed by atoms with Gasteiger partial charge in [0.25, 0.3) is 5.91 Å². The minimum absolute atomic E-state index is 0.0334. The normalized spacial score (nSPS) is 17.1. The molecule has 2 aromatic rings. The second kappa shape index (κ2) is 6.20. The highest BCUT2D eigenvalue weighted by Crippen LogP contribution is 2.36. The monoisotopic (exact) mass is 297 g/mol. The van der Waals surface area contributed by atoms with Crippen molar-refractivity contribution < 1.29 is 14.6 Å².